The highest BCUT2D eigenvalue weighted by molar-refractivity contribution is 6.04. The summed E-state index contributed by atoms with van der Waals surface area (Å²) in [5, 5.41) is 2.84. The molecular formula is C14H15N3O. The van der Waals surface area contributed by atoms with Crippen molar-refractivity contribution in [2.75, 3.05) is 11.1 Å². The summed E-state index contributed by atoms with van der Waals surface area (Å²) >= 11 is 0. The van der Waals surface area contributed by atoms with Gasteiger partial charge in [-0.3, -0.25) is 4.79 Å². The fraction of sp³-hybridized carbons (Fsp3) is 0.143. The minimum absolute atomic E-state index is 0.187. The van der Waals surface area contributed by atoms with Gasteiger partial charge in [0.2, 0.25) is 0 Å². The third-order valence-electron chi connectivity index (χ3n) is 2.53. The van der Waals surface area contributed by atoms with Crippen LogP contribution in [0.25, 0.3) is 0 Å². The first kappa shape index (κ1) is 12.1. The minimum atomic E-state index is -0.187. The molecule has 0 aliphatic heterocycles. The number of carbonyl (C=O) groups is 1. The van der Waals surface area contributed by atoms with Crippen molar-refractivity contribution in [1.29, 1.82) is 0 Å². The number of aromatic nitrogens is 1. The largest absolute Gasteiger partial charge is 0.384 e. The first-order valence-electron chi connectivity index (χ1n) is 5.66. The van der Waals surface area contributed by atoms with Crippen LogP contribution in [0.4, 0.5) is 11.5 Å². The normalized spacial score (nSPS) is 10.1. The number of hydrogen-bond donors (Lipinski definition) is 2. The molecule has 2 rings (SSSR count). The van der Waals surface area contributed by atoms with Gasteiger partial charge in [0.25, 0.3) is 5.91 Å². The van der Waals surface area contributed by atoms with Crippen LogP contribution >= 0.6 is 0 Å². The van der Waals surface area contributed by atoms with Gasteiger partial charge in [0, 0.05) is 11.9 Å². The first-order chi connectivity index (χ1) is 8.54. The Kier molecular flexibility index (Phi) is 3.28. The quantitative estimate of drug-likeness (QED) is 0.849. The average molecular weight is 241 g/mol. The maximum absolute atomic E-state index is 12.0. The van der Waals surface area contributed by atoms with Gasteiger partial charge in [0.15, 0.2) is 0 Å². The summed E-state index contributed by atoms with van der Waals surface area (Å²) in [4.78, 5) is 15.8. The van der Waals surface area contributed by atoms with E-state index in [1.165, 1.54) is 6.20 Å². The van der Waals surface area contributed by atoms with Crippen LogP contribution in [-0.4, -0.2) is 10.9 Å². The van der Waals surface area contributed by atoms with Crippen molar-refractivity contribution >= 4 is 17.4 Å². The second-order valence-electron chi connectivity index (χ2n) is 4.30. The van der Waals surface area contributed by atoms with Crippen LogP contribution in [-0.2, 0) is 0 Å². The Bertz CT molecular complexity index is 556. The summed E-state index contributed by atoms with van der Waals surface area (Å²) in [7, 11) is 0. The Morgan fingerprint density at radius 2 is 1.83 bits per heavy atom. The van der Waals surface area contributed by atoms with E-state index in [9.17, 15) is 4.79 Å². The number of nitrogens with one attached hydrogen (secondary N) is 1. The molecule has 18 heavy (non-hydrogen) atoms. The van der Waals surface area contributed by atoms with E-state index in [2.05, 4.69) is 16.4 Å². The van der Waals surface area contributed by atoms with Crippen molar-refractivity contribution in [2.24, 2.45) is 0 Å². The third-order valence-corrected chi connectivity index (χ3v) is 2.53. The van der Waals surface area contributed by atoms with Crippen molar-refractivity contribution < 1.29 is 4.79 Å². The number of pyridine rings is 1. The van der Waals surface area contributed by atoms with Gasteiger partial charge in [0.1, 0.15) is 5.82 Å². The molecule has 0 aliphatic rings. The minimum Gasteiger partial charge on any atom is -0.384 e. The molecule has 2 aromatic rings. The van der Waals surface area contributed by atoms with E-state index < -0.39 is 0 Å². The van der Waals surface area contributed by atoms with E-state index in [1.807, 2.05) is 26.0 Å². The average Bonchev–Trinajstić information content (AvgIpc) is 2.28. The van der Waals surface area contributed by atoms with Crippen LogP contribution in [0.15, 0.2) is 36.5 Å². The van der Waals surface area contributed by atoms with Gasteiger partial charge in [-0.25, -0.2) is 4.98 Å². The number of nitrogens with zero attached hydrogens (tertiary/aromatic N) is 1. The van der Waals surface area contributed by atoms with Crippen LogP contribution in [0.1, 0.15) is 21.5 Å². The van der Waals surface area contributed by atoms with E-state index in [-0.39, 0.29) is 5.91 Å². The lowest BCUT2D eigenvalue weighted by atomic mass is 10.1. The molecule has 1 aromatic heterocycles. The van der Waals surface area contributed by atoms with Gasteiger partial charge in [-0.05, 0) is 49.2 Å². The number of aryl methyl sites for hydroxylation is 2. The van der Waals surface area contributed by atoms with Crippen LogP contribution in [0.2, 0.25) is 0 Å². The zero-order valence-electron chi connectivity index (χ0n) is 10.4. The summed E-state index contributed by atoms with van der Waals surface area (Å²) in [6.45, 7) is 3.99. The van der Waals surface area contributed by atoms with Crippen molar-refractivity contribution in [1.82, 2.24) is 4.98 Å². The van der Waals surface area contributed by atoms with Gasteiger partial charge < -0.3 is 11.1 Å². The zero-order chi connectivity index (χ0) is 13.1. The van der Waals surface area contributed by atoms with Crippen LogP contribution in [0.5, 0.6) is 0 Å². The highest BCUT2D eigenvalue weighted by Crippen LogP contribution is 2.15. The van der Waals surface area contributed by atoms with Crippen molar-refractivity contribution in [3.63, 3.8) is 0 Å². The second kappa shape index (κ2) is 4.87. The summed E-state index contributed by atoms with van der Waals surface area (Å²) in [5.41, 5.74) is 8.98. The fourth-order valence-corrected chi connectivity index (χ4v) is 1.79. The summed E-state index contributed by atoms with van der Waals surface area (Å²) in [6.07, 6.45) is 1.47. The topological polar surface area (TPSA) is 68.0 Å². The second-order valence-corrected chi connectivity index (χ2v) is 4.30. The molecule has 0 saturated carbocycles. The number of hydrogen-bond acceptors (Lipinski definition) is 3. The molecule has 0 bridgehead atoms. The predicted octanol–water partition coefficient (Wildman–Crippen LogP) is 2.53. The van der Waals surface area contributed by atoms with E-state index in [1.54, 1.807) is 12.1 Å². The Morgan fingerprint density at radius 3 is 2.39 bits per heavy atom. The van der Waals surface area contributed by atoms with E-state index >= 15 is 0 Å². The molecule has 1 heterocycles. The zero-order valence-corrected chi connectivity index (χ0v) is 10.4. The summed E-state index contributed by atoms with van der Waals surface area (Å²) in [6, 6.07) is 9.17. The monoisotopic (exact) mass is 241 g/mol. The molecule has 4 nitrogen and oxygen atoms in total. The summed E-state index contributed by atoms with van der Waals surface area (Å²) in [5.74, 6) is 0.213. The number of amides is 1. The number of nitrogens with two attached hydrogens (primary N) is 1. The number of carbonyl (C=O) groups excluding carboxylic acids is 1. The van der Waals surface area contributed by atoms with Crippen molar-refractivity contribution in [3.8, 4) is 0 Å². The van der Waals surface area contributed by atoms with E-state index in [4.69, 9.17) is 5.73 Å². The predicted molar refractivity (Wildman–Crippen MR) is 72.5 cm³/mol. The molecule has 0 spiro atoms. The lowest BCUT2D eigenvalue weighted by Crippen LogP contribution is -2.12. The number of nitrogen functional groups attached to an aromatic ring is 1. The van der Waals surface area contributed by atoms with Crippen LogP contribution < -0.4 is 11.1 Å². The number of benzene rings is 1. The lowest BCUT2D eigenvalue weighted by Gasteiger charge is -2.07. The lowest BCUT2D eigenvalue weighted by molar-refractivity contribution is 0.102. The Balaban J connectivity index is 2.18. The van der Waals surface area contributed by atoms with Gasteiger partial charge in [0.05, 0.1) is 5.56 Å². The fourth-order valence-electron chi connectivity index (χ4n) is 1.79. The Morgan fingerprint density at radius 1 is 1.17 bits per heavy atom. The molecular weight excluding hydrogens is 226 g/mol. The molecule has 1 aromatic carbocycles. The Hall–Kier alpha value is -2.36. The molecule has 92 valence electrons. The smallest absolute Gasteiger partial charge is 0.257 e. The highest BCUT2D eigenvalue weighted by atomic mass is 16.1. The number of rotatable bonds is 2. The molecule has 0 fully saturated rings. The van der Waals surface area contributed by atoms with Crippen LogP contribution in [0.3, 0.4) is 0 Å². The van der Waals surface area contributed by atoms with Crippen molar-refractivity contribution in [2.45, 2.75) is 13.8 Å². The molecule has 4 heteroatoms. The molecule has 0 aliphatic carbocycles. The maximum Gasteiger partial charge on any atom is 0.257 e. The molecule has 1 amide bonds. The van der Waals surface area contributed by atoms with Crippen LogP contribution in [0, 0.1) is 13.8 Å². The third kappa shape index (κ3) is 2.85. The molecule has 0 radical (unpaired) electrons. The molecule has 0 saturated heterocycles. The van der Waals surface area contributed by atoms with Gasteiger partial charge in [-0.15, -0.1) is 0 Å². The van der Waals surface area contributed by atoms with Gasteiger partial charge in [-0.1, -0.05) is 6.07 Å². The van der Waals surface area contributed by atoms with Gasteiger partial charge in [-0.2, -0.15) is 0 Å². The SMILES string of the molecule is Cc1cc(C)cc(NC(=O)c2ccc(N)nc2)c1. The number of anilines is 2. The van der Waals surface area contributed by atoms with E-state index in [0.29, 0.717) is 11.4 Å². The summed E-state index contributed by atoms with van der Waals surface area (Å²) < 4.78 is 0. The molecule has 3 N–H and O–H groups in total. The molecule has 0 unspecified atom stereocenters. The first-order valence-corrected chi connectivity index (χ1v) is 5.66. The van der Waals surface area contributed by atoms with Crippen molar-refractivity contribution in [3.05, 3.63) is 53.2 Å². The maximum atomic E-state index is 12.0. The molecule has 0 atom stereocenters. The van der Waals surface area contributed by atoms with E-state index in [0.717, 1.165) is 16.8 Å². The standard InChI is InChI=1S/C14H15N3O/c1-9-5-10(2)7-12(6-9)17-14(18)11-3-4-13(15)16-8-11/h3-8H,1-2H3,(H2,15,16)(H,17,18). The van der Waals surface area contributed by atoms with Gasteiger partial charge >= 0.3 is 0 Å². The highest BCUT2D eigenvalue weighted by Gasteiger charge is 2.06. The Labute approximate surface area is 106 Å².